The van der Waals surface area contributed by atoms with E-state index in [9.17, 15) is 4.79 Å². The molecule has 4 aromatic rings. The second-order valence-corrected chi connectivity index (χ2v) is 8.45. The average Bonchev–Trinajstić information content (AvgIpc) is 3.45. The summed E-state index contributed by atoms with van der Waals surface area (Å²) in [5.74, 6) is 1.95. The highest BCUT2D eigenvalue weighted by Gasteiger charge is 2.13. The van der Waals surface area contributed by atoms with Gasteiger partial charge in [0.25, 0.3) is 5.56 Å². The van der Waals surface area contributed by atoms with E-state index >= 15 is 0 Å². The third-order valence-electron chi connectivity index (χ3n) is 4.41. The summed E-state index contributed by atoms with van der Waals surface area (Å²) in [7, 11) is 1.62. The van der Waals surface area contributed by atoms with E-state index < -0.39 is 0 Å². The predicted molar refractivity (Wildman–Crippen MR) is 117 cm³/mol. The molecule has 0 aliphatic heterocycles. The zero-order chi connectivity index (χ0) is 20.2. The zero-order valence-electron chi connectivity index (χ0n) is 16.3. The minimum absolute atomic E-state index is 0.167. The molecule has 8 heteroatoms. The van der Waals surface area contributed by atoms with E-state index in [4.69, 9.17) is 9.47 Å². The summed E-state index contributed by atoms with van der Waals surface area (Å²) in [6, 6.07) is 9.56. The van der Waals surface area contributed by atoms with Crippen LogP contribution in [0.5, 0.6) is 11.5 Å². The Morgan fingerprint density at radius 1 is 1.21 bits per heavy atom. The van der Waals surface area contributed by atoms with Crippen LogP contribution in [0, 0.1) is 0 Å². The second kappa shape index (κ2) is 8.75. The minimum atomic E-state index is -0.167. The molecule has 0 amide bonds. The van der Waals surface area contributed by atoms with Crippen molar-refractivity contribution in [3.63, 3.8) is 0 Å². The third kappa shape index (κ3) is 4.18. The van der Waals surface area contributed by atoms with Crippen LogP contribution < -0.4 is 19.6 Å². The number of hydrogen-bond donors (Lipinski definition) is 0. The smallest absolute Gasteiger partial charge is 0.291 e. The highest BCUT2D eigenvalue weighted by Crippen LogP contribution is 2.28. The summed E-state index contributed by atoms with van der Waals surface area (Å²) in [6.07, 6.45) is 5.14. The Kier molecular flexibility index (Phi) is 5.92. The van der Waals surface area contributed by atoms with Crippen LogP contribution in [0.2, 0.25) is 0 Å². The lowest BCUT2D eigenvalue weighted by molar-refractivity contribution is 0.286. The molecular weight excluding hydrogens is 406 g/mol. The zero-order valence-corrected chi connectivity index (χ0v) is 17.9. The van der Waals surface area contributed by atoms with Gasteiger partial charge >= 0.3 is 0 Å². The fourth-order valence-corrected chi connectivity index (χ4v) is 4.48. The van der Waals surface area contributed by atoms with Crippen molar-refractivity contribution in [3.8, 4) is 22.2 Å². The Hall–Kier alpha value is -2.71. The average molecular weight is 428 g/mol. The summed E-state index contributed by atoms with van der Waals surface area (Å²) >= 11 is 2.88. The van der Waals surface area contributed by atoms with Crippen molar-refractivity contribution in [1.29, 1.82) is 0 Å². The molecular formula is C21H21N3O3S2. The van der Waals surface area contributed by atoms with E-state index in [-0.39, 0.29) is 5.56 Å². The van der Waals surface area contributed by atoms with Gasteiger partial charge < -0.3 is 9.47 Å². The van der Waals surface area contributed by atoms with Crippen LogP contribution in [0.4, 0.5) is 0 Å². The maximum Gasteiger partial charge on any atom is 0.291 e. The van der Waals surface area contributed by atoms with Crippen LogP contribution in [0.3, 0.4) is 0 Å². The van der Waals surface area contributed by atoms with Gasteiger partial charge in [0.15, 0.2) is 17.3 Å². The van der Waals surface area contributed by atoms with Crippen LogP contribution in [-0.4, -0.2) is 28.3 Å². The Morgan fingerprint density at radius 2 is 2.10 bits per heavy atom. The number of methoxy groups -OCH3 is 1. The lowest BCUT2D eigenvalue weighted by Crippen LogP contribution is -2.23. The van der Waals surface area contributed by atoms with E-state index in [1.54, 1.807) is 18.4 Å². The van der Waals surface area contributed by atoms with Crippen molar-refractivity contribution in [3.05, 3.63) is 56.2 Å². The molecule has 0 N–H and O–H groups in total. The predicted octanol–water partition coefficient (Wildman–Crippen LogP) is 4.00. The molecule has 3 aromatic heterocycles. The van der Waals surface area contributed by atoms with Crippen molar-refractivity contribution < 1.29 is 9.47 Å². The molecule has 1 aromatic carbocycles. The first kappa shape index (κ1) is 19.6. The van der Waals surface area contributed by atoms with E-state index in [0.717, 1.165) is 29.7 Å². The number of unbranched alkanes of at least 4 members (excludes halogenated alkanes) is 2. The summed E-state index contributed by atoms with van der Waals surface area (Å²) in [4.78, 5) is 18.8. The van der Waals surface area contributed by atoms with Gasteiger partial charge in [0.2, 0.25) is 4.96 Å². The molecule has 0 aliphatic carbocycles. The van der Waals surface area contributed by atoms with Gasteiger partial charge in [0.1, 0.15) is 0 Å². The van der Waals surface area contributed by atoms with E-state index in [2.05, 4.69) is 17.0 Å². The number of hydrogen-bond acceptors (Lipinski definition) is 7. The largest absolute Gasteiger partial charge is 0.493 e. The van der Waals surface area contributed by atoms with Crippen LogP contribution in [0.15, 0.2) is 40.5 Å². The van der Waals surface area contributed by atoms with E-state index in [0.29, 0.717) is 33.4 Å². The molecule has 150 valence electrons. The Morgan fingerprint density at radius 3 is 2.83 bits per heavy atom. The van der Waals surface area contributed by atoms with Crippen molar-refractivity contribution >= 4 is 33.7 Å². The highest BCUT2D eigenvalue weighted by atomic mass is 32.1. The molecule has 0 saturated heterocycles. The van der Waals surface area contributed by atoms with Gasteiger partial charge in [-0.3, -0.25) is 4.79 Å². The van der Waals surface area contributed by atoms with Gasteiger partial charge in [-0.1, -0.05) is 43.2 Å². The number of fused-ring (bicyclic) bond motifs is 1. The summed E-state index contributed by atoms with van der Waals surface area (Å²) in [5, 5.41) is 6.33. The molecule has 0 atom stereocenters. The molecule has 0 spiro atoms. The van der Waals surface area contributed by atoms with Gasteiger partial charge in [-0.25, -0.2) is 0 Å². The molecule has 0 saturated carbocycles. The lowest BCUT2D eigenvalue weighted by atomic mass is 10.2. The molecule has 0 aliphatic rings. The van der Waals surface area contributed by atoms with Crippen LogP contribution in [-0.2, 0) is 0 Å². The van der Waals surface area contributed by atoms with Gasteiger partial charge in [-0.2, -0.15) is 9.50 Å². The molecule has 4 rings (SSSR count). The number of nitrogens with zero attached hydrogens (tertiary/aromatic N) is 3. The fraction of sp³-hybridized carbons (Fsp3) is 0.286. The monoisotopic (exact) mass is 427 g/mol. The summed E-state index contributed by atoms with van der Waals surface area (Å²) in [6.45, 7) is 2.83. The first-order valence-electron chi connectivity index (χ1n) is 9.45. The Balaban J connectivity index is 1.61. The van der Waals surface area contributed by atoms with Gasteiger partial charge in [-0.05, 0) is 41.6 Å². The standard InChI is InChI=1S/C21H21N3O3S2/c1-3-4-5-10-27-15-9-8-14(12-16(15)26-2)13-18-20(25)24-21(29-18)22-19(23-24)17-7-6-11-28-17/h6-9,11-13H,3-5,10H2,1-2H3/b18-13-. The van der Waals surface area contributed by atoms with Crippen molar-refractivity contribution in [1.82, 2.24) is 14.6 Å². The maximum absolute atomic E-state index is 12.7. The first-order chi connectivity index (χ1) is 14.2. The SMILES string of the molecule is CCCCCOc1ccc(/C=c2\sc3nc(-c4cccs4)nn3c2=O)cc1OC. The number of benzene rings is 1. The molecule has 0 unspecified atom stereocenters. The Bertz CT molecular complexity index is 1210. The van der Waals surface area contributed by atoms with E-state index in [1.165, 1.54) is 15.9 Å². The quantitative estimate of drug-likeness (QED) is 0.398. The summed E-state index contributed by atoms with van der Waals surface area (Å²) in [5.41, 5.74) is 0.696. The first-order valence-corrected chi connectivity index (χ1v) is 11.1. The van der Waals surface area contributed by atoms with E-state index in [1.807, 2.05) is 41.8 Å². The van der Waals surface area contributed by atoms with Crippen molar-refractivity contribution in [2.45, 2.75) is 26.2 Å². The third-order valence-corrected chi connectivity index (χ3v) is 6.24. The molecule has 0 radical (unpaired) electrons. The molecule has 0 bridgehead atoms. The van der Waals surface area contributed by atoms with Crippen LogP contribution in [0.1, 0.15) is 31.7 Å². The number of aromatic nitrogens is 3. The molecule has 6 nitrogen and oxygen atoms in total. The van der Waals surface area contributed by atoms with Crippen LogP contribution in [0.25, 0.3) is 21.7 Å². The maximum atomic E-state index is 12.7. The number of rotatable bonds is 8. The minimum Gasteiger partial charge on any atom is -0.493 e. The van der Waals surface area contributed by atoms with Crippen molar-refractivity contribution in [2.75, 3.05) is 13.7 Å². The topological polar surface area (TPSA) is 65.7 Å². The van der Waals surface area contributed by atoms with Crippen molar-refractivity contribution in [2.24, 2.45) is 0 Å². The number of thiophene rings is 1. The molecule has 0 fully saturated rings. The second-order valence-electron chi connectivity index (χ2n) is 6.49. The lowest BCUT2D eigenvalue weighted by Gasteiger charge is -2.11. The number of thiazole rings is 1. The van der Waals surface area contributed by atoms with Gasteiger partial charge in [-0.15, -0.1) is 16.4 Å². The molecule has 29 heavy (non-hydrogen) atoms. The van der Waals surface area contributed by atoms with Gasteiger partial charge in [0, 0.05) is 0 Å². The highest BCUT2D eigenvalue weighted by molar-refractivity contribution is 7.15. The summed E-state index contributed by atoms with van der Waals surface area (Å²) < 4.78 is 13.2. The normalized spacial score (nSPS) is 12.0. The molecule has 3 heterocycles. The number of ether oxygens (including phenoxy) is 2. The van der Waals surface area contributed by atoms with Gasteiger partial charge in [0.05, 0.1) is 23.1 Å². The Labute approximate surface area is 176 Å². The fourth-order valence-electron chi connectivity index (χ4n) is 2.92. The van der Waals surface area contributed by atoms with Crippen LogP contribution >= 0.6 is 22.7 Å².